The number of hydrogen-bond donors (Lipinski definition) is 1. The van der Waals surface area contributed by atoms with Gasteiger partial charge in [-0.15, -0.1) is 0 Å². The minimum Gasteiger partial charge on any atom is -0.381 e. The minimum absolute atomic E-state index is 0.226. The molecule has 0 bridgehead atoms. The average molecular weight is 286 g/mol. The van der Waals surface area contributed by atoms with Gasteiger partial charge in [-0.25, -0.2) is 0 Å². The van der Waals surface area contributed by atoms with E-state index in [9.17, 15) is 0 Å². The third kappa shape index (κ3) is 1.78. The van der Waals surface area contributed by atoms with Gasteiger partial charge in [0.2, 0.25) is 0 Å². The van der Waals surface area contributed by atoms with Gasteiger partial charge in [-0.3, -0.25) is 0 Å². The van der Waals surface area contributed by atoms with Crippen LogP contribution in [-0.2, 0) is 10.2 Å². The van der Waals surface area contributed by atoms with E-state index in [0.717, 1.165) is 26.3 Å². The molecular weight excluding hydrogens is 269 g/mol. The maximum atomic E-state index is 6.14. The highest BCUT2D eigenvalue weighted by Gasteiger charge is 2.67. The second-order valence-corrected chi connectivity index (χ2v) is 5.99. The summed E-state index contributed by atoms with van der Waals surface area (Å²) in [4.78, 5) is 0. The molecule has 3 atom stereocenters. The summed E-state index contributed by atoms with van der Waals surface area (Å²) in [5, 5.41) is 4.75. The van der Waals surface area contributed by atoms with Crippen LogP contribution >= 0.6 is 23.2 Å². The van der Waals surface area contributed by atoms with Crippen LogP contribution in [0.3, 0.4) is 0 Å². The molecule has 0 spiro atoms. The minimum atomic E-state index is 0.226. The predicted octanol–water partition coefficient (Wildman–Crippen LogP) is 3.12. The Morgan fingerprint density at radius 2 is 2.22 bits per heavy atom. The van der Waals surface area contributed by atoms with E-state index in [0.29, 0.717) is 21.9 Å². The van der Waals surface area contributed by atoms with Gasteiger partial charge in [0.05, 0.1) is 16.7 Å². The predicted molar refractivity (Wildman–Crippen MR) is 74.5 cm³/mol. The normalized spacial score (nSPS) is 33.5. The number of nitrogens with one attached hydrogen (secondary N) is 1. The third-order valence-corrected chi connectivity index (χ3v) is 5.18. The number of rotatable bonds is 4. The topological polar surface area (TPSA) is 21.3 Å². The quantitative estimate of drug-likeness (QED) is 0.918. The van der Waals surface area contributed by atoms with Crippen molar-refractivity contribution in [2.75, 3.05) is 26.3 Å². The molecule has 1 saturated carbocycles. The van der Waals surface area contributed by atoms with Crippen LogP contribution in [0, 0.1) is 11.8 Å². The summed E-state index contributed by atoms with van der Waals surface area (Å²) in [5.74, 6) is 1.30. The number of ether oxygens (including phenoxy) is 1. The van der Waals surface area contributed by atoms with Crippen molar-refractivity contribution in [3.8, 4) is 0 Å². The molecule has 0 radical (unpaired) electrons. The zero-order valence-corrected chi connectivity index (χ0v) is 11.9. The zero-order valence-electron chi connectivity index (χ0n) is 10.4. The van der Waals surface area contributed by atoms with Crippen LogP contribution in [-0.4, -0.2) is 26.3 Å². The Morgan fingerprint density at radius 3 is 2.94 bits per heavy atom. The molecule has 2 fully saturated rings. The highest BCUT2D eigenvalue weighted by Crippen LogP contribution is 2.62. The van der Waals surface area contributed by atoms with Gasteiger partial charge in [0, 0.05) is 18.6 Å². The monoisotopic (exact) mass is 285 g/mol. The molecule has 1 aliphatic carbocycles. The lowest BCUT2D eigenvalue weighted by Gasteiger charge is -2.16. The van der Waals surface area contributed by atoms with E-state index in [1.807, 2.05) is 19.1 Å². The molecule has 1 aromatic carbocycles. The van der Waals surface area contributed by atoms with Gasteiger partial charge >= 0.3 is 0 Å². The molecule has 2 nitrogen and oxygen atoms in total. The Balaban J connectivity index is 1.87. The van der Waals surface area contributed by atoms with Gasteiger partial charge in [0.15, 0.2) is 0 Å². The Bertz CT molecular complexity index is 465. The van der Waals surface area contributed by atoms with Gasteiger partial charge < -0.3 is 10.1 Å². The first-order chi connectivity index (χ1) is 8.70. The fourth-order valence-electron chi connectivity index (χ4n) is 3.45. The second kappa shape index (κ2) is 4.68. The molecule has 1 heterocycles. The van der Waals surface area contributed by atoms with Crippen molar-refractivity contribution < 1.29 is 4.74 Å². The molecule has 1 N–H and O–H groups in total. The van der Waals surface area contributed by atoms with E-state index in [-0.39, 0.29) is 5.41 Å². The molecule has 0 amide bonds. The molecule has 1 aliphatic heterocycles. The van der Waals surface area contributed by atoms with Crippen molar-refractivity contribution in [2.24, 2.45) is 11.8 Å². The van der Waals surface area contributed by atoms with E-state index >= 15 is 0 Å². The lowest BCUT2D eigenvalue weighted by Crippen LogP contribution is -2.25. The molecule has 0 aromatic heterocycles. The Hall–Kier alpha value is -0.280. The van der Waals surface area contributed by atoms with E-state index in [1.54, 1.807) is 0 Å². The lowest BCUT2D eigenvalue weighted by molar-refractivity contribution is 0.126. The summed E-state index contributed by atoms with van der Waals surface area (Å²) < 4.78 is 5.61. The average Bonchev–Trinajstić information content (AvgIpc) is 2.77. The molecule has 4 heteroatoms. The van der Waals surface area contributed by atoms with Gasteiger partial charge in [-0.2, -0.15) is 0 Å². The number of benzene rings is 1. The fraction of sp³-hybridized carbons (Fsp3) is 0.571. The maximum absolute atomic E-state index is 6.14. The molecule has 18 heavy (non-hydrogen) atoms. The second-order valence-electron chi connectivity index (χ2n) is 5.17. The molecule has 98 valence electrons. The molecule has 2 aliphatic rings. The van der Waals surface area contributed by atoms with Crippen LogP contribution in [0.25, 0.3) is 0 Å². The van der Waals surface area contributed by atoms with Crippen LogP contribution < -0.4 is 5.32 Å². The van der Waals surface area contributed by atoms with Crippen molar-refractivity contribution in [2.45, 2.75) is 12.3 Å². The summed E-state index contributed by atoms with van der Waals surface area (Å²) in [6.07, 6.45) is 0. The van der Waals surface area contributed by atoms with E-state index in [2.05, 4.69) is 11.4 Å². The van der Waals surface area contributed by atoms with Crippen molar-refractivity contribution in [3.05, 3.63) is 33.8 Å². The van der Waals surface area contributed by atoms with Gasteiger partial charge in [-0.1, -0.05) is 29.3 Å². The Morgan fingerprint density at radius 1 is 1.39 bits per heavy atom. The van der Waals surface area contributed by atoms with Gasteiger partial charge in [0.1, 0.15) is 0 Å². The summed E-state index contributed by atoms with van der Waals surface area (Å²) in [6.45, 7) is 5.78. The van der Waals surface area contributed by atoms with Gasteiger partial charge in [0.25, 0.3) is 0 Å². The summed E-state index contributed by atoms with van der Waals surface area (Å²) in [6, 6.07) is 6.04. The summed E-state index contributed by atoms with van der Waals surface area (Å²) in [5.41, 5.74) is 1.53. The first-order valence-corrected chi connectivity index (χ1v) is 7.19. The first-order valence-electron chi connectivity index (χ1n) is 6.44. The van der Waals surface area contributed by atoms with Crippen LogP contribution in [0.4, 0.5) is 0 Å². The molecule has 1 unspecified atom stereocenters. The van der Waals surface area contributed by atoms with E-state index < -0.39 is 0 Å². The maximum Gasteiger partial charge on any atom is 0.0595 e. The number of halogens is 2. The fourth-order valence-corrected chi connectivity index (χ4v) is 3.75. The van der Waals surface area contributed by atoms with Crippen LogP contribution in [0.15, 0.2) is 18.2 Å². The number of fused-ring (bicyclic) bond motifs is 1. The lowest BCUT2D eigenvalue weighted by atomic mass is 9.93. The highest BCUT2D eigenvalue weighted by molar-refractivity contribution is 6.42. The van der Waals surface area contributed by atoms with Crippen LogP contribution in [0.2, 0.25) is 10.0 Å². The van der Waals surface area contributed by atoms with Crippen molar-refractivity contribution in [1.82, 2.24) is 5.32 Å². The molecule has 1 saturated heterocycles. The smallest absolute Gasteiger partial charge is 0.0595 e. The van der Waals surface area contributed by atoms with Crippen molar-refractivity contribution in [3.63, 3.8) is 0 Å². The summed E-state index contributed by atoms with van der Waals surface area (Å²) in [7, 11) is 0. The van der Waals surface area contributed by atoms with Gasteiger partial charge in [-0.05, 0) is 43.0 Å². The third-order valence-electron chi connectivity index (χ3n) is 4.44. The largest absolute Gasteiger partial charge is 0.381 e. The number of piperidine rings is 1. The standard InChI is InChI=1S/C14H17Cl2NO/c1-2-18-7-11-10-6-17-8-14(10,11)9-3-4-12(15)13(16)5-9/h3-5,10-11,17H,2,6-8H2,1H3/t10-,11-,14?/m0/s1. The zero-order chi connectivity index (χ0) is 12.8. The SMILES string of the molecule is CCOC[C@H]1[C@@H]2CNCC21c1ccc(Cl)c(Cl)c1. The number of hydrogen-bond acceptors (Lipinski definition) is 2. The first kappa shape index (κ1) is 12.7. The van der Waals surface area contributed by atoms with E-state index in [4.69, 9.17) is 27.9 Å². The van der Waals surface area contributed by atoms with Crippen molar-refractivity contribution >= 4 is 23.2 Å². The molecule has 3 rings (SSSR count). The molecule has 1 aromatic rings. The van der Waals surface area contributed by atoms with Crippen LogP contribution in [0.5, 0.6) is 0 Å². The molecular formula is C14H17Cl2NO. The van der Waals surface area contributed by atoms with E-state index in [1.165, 1.54) is 5.56 Å². The Labute approximate surface area is 118 Å². The van der Waals surface area contributed by atoms with Crippen molar-refractivity contribution in [1.29, 1.82) is 0 Å². The Kier molecular flexibility index (Phi) is 3.31. The highest BCUT2D eigenvalue weighted by atomic mass is 35.5. The van der Waals surface area contributed by atoms with Crippen LogP contribution in [0.1, 0.15) is 12.5 Å². The summed E-state index contributed by atoms with van der Waals surface area (Å²) >= 11 is 12.1.